The van der Waals surface area contributed by atoms with Crippen LogP contribution in [0.3, 0.4) is 0 Å². The topological polar surface area (TPSA) is 26.3 Å². The molecule has 0 saturated heterocycles. The average Bonchev–Trinajstić information content (AvgIpc) is 2.01. The van der Waals surface area contributed by atoms with E-state index in [4.69, 9.17) is 4.74 Å². The third-order valence-electron chi connectivity index (χ3n) is 1.12. The zero-order chi connectivity index (χ0) is 8.53. The third kappa shape index (κ3) is 7.84. The molecule has 0 N–H and O–H groups in total. The van der Waals surface area contributed by atoms with Gasteiger partial charge in [-0.05, 0) is 12.5 Å². The van der Waals surface area contributed by atoms with Crippen molar-refractivity contribution in [3.63, 3.8) is 0 Å². The molecular weight excluding hydrogens is 255 g/mol. The molecule has 11 heavy (non-hydrogen) atoms. The van der Waals surface area contributed by atoms with Crippen molar-refractivity contribution in [2.45, 2.75) is 26.2 Å². The van der Waals surface area contributed by atoms with Crippen LogP contribution in [0.5, 0.6) is 0 Å². The predicted molar refractivity (Wildman–Crippen MR) is 53.6 cm³/mol. The summed E-state index contributed by atoms with van der Waals surface area (Å²) in [5.41, 5.74) is 0. The molecule has 0 aromatic carbocycles. The molecule has 0 aliphatic heterocycles. The number of alkyl halides is 1. The van der Waals surface area contributed by atoms with Crippen LogP contribution in [0.15, 0.2) is 12.3 Å². The van der Waals surface area contributed by atoms with Crippen LogP contribution >= 0.6 is 22.6 Å². The maximum absolute atomic E-state index is 10.8. The van der Waals surface area contributed by atoms with E-state index in [0.29, 0.717) is 6.42 Å². The number of hydrogen-bond acceptors (Lipinski definition) is 2. The minimum Gasteiger partial charge on any atom is -0.435 e. The van der Waals surface area contributed by atoms with Gasteiger partial charge in [0.25, 0.3) is 0 Å². The molecule has 0 amide bonds. The number of unbranched alkanes of at least 4 members (excludes halogenated alkanes) is 1. The summed E-state index contributed by atoms with van der Waals surface area (Å²) in [6.07, 6.45) is 5.75. The summed E-state index contributed by atoms with van der Waals surface area (Å²) in [4.78, 5) is 10.8. The molecule has 0 aromatic heterocycles. The number of allylic oxidation sites excluding steroid dienone is 1. The summed E-state index contributed by atoms with van der Waals surface area (Å²) >= 11 is 2.18. The van der Waals surface area contributed by atoms with Gasteiger partial charge in [-0.1, -0.05) is 35.9 Å². The lowest BCUT2D eigenvalue weighted by atomic mass is 10.3. The highest BCUT2D eigenvalue weighted by atomic mass is 127. The fourth-order valence-electron chi connectivity index (χ4n) is 0.540. The molecule has 0 radical (unpaired) electrons. The first kappa shape index (κ1) is 10.9. The first-order valence-corrected chi connectivity index (χ1v) is 5.24. The van der Waals surface area contributed by atoms with Gasteiger partial charge in [-0.25, -0.2) is 0 Å². The Kier molecular flexibility index (Phi) is 8.00. The largest absolute Gasteiger partial charge is 0.435 e. The van der Waals surface area contributed by atoms with E-state index < -0.39 is 0 Å². The van der Waals surface area contributed by atoms with E-state index in [-0.39, 0.29) is 5.97 Å². The van der Waals surface area contributed by atoms with Crippen molar-refractivity contribution < 1.29 is 9.53 Å². The minimum atomic E-state index is -0.132. The summed E-state index contributed by atoms with van der Waals surface area (Å²) in [5, 5.41) is 0. The number of ether oxygens (including phenoxy) is 1. The van der Waals surface area contributed by atoms with Crippen LogP contribution in [0.2, 0.25) is 0 Å². The Morgan fingerprint density at radius 2 is 2.36 bits per heavy atom. The zero-order valence-electron chi connectivity index (χ0n) is 6.68. The Balaban J connectivity index is 3.29. The van der Waals surface area contributed by atoms with Gasteiger partial charge in [-0.2, -0.15) is 0 Å². The summed E-state index contributed by atoms with van der Waals surface area (Å²) in [7, 11) is 0. The highest BCUT2D eigenvalue weighted by molar-refractivity contribution is 14.1. The van der Waals surface area contributed by atoms with E-state index in [1.807, 2.05) is 13.0 Å². The van der Waals surface area contributed by atoms with Crippen molar-refractivity contribution in [1.82, 2.24) is 0 Å². The Hall–Kier alpha value is -0.0600. The summed E-state index contributed by atoms with van der Waals surface area (Å²) in [6, 6.07) is 0. The van der Waals surface area contributed by atoms with Gasteiger partial charge in [0.2, 0.25) is 0 Å². The molecule has 0 aliphatic carbocycles. The van der Waals surface area contributed by atoms with Crippen LogP contribution < -0.4 is 0 Å². The molecule has 0 heterocycles. The van der Waals surface area contributed by atoms with Gasteiger partial charge in [-0.15, -0.1) is 0 Å². The molecule has 0 rings (SSSR count). The van der Waals surface area contributed by atoms with E-state index >= 15 is 0 Å². The van der Waals surface area contributed by atoms with E-state index in [9.17, 15) is 4.79 Å². The normalized spacial score (nSPS) is 10.4. The lowest BCUT2D eigenvalue weighted by Gasteiger charge is -1.95. The summed E-state index contributed by atoms with van der Waals surface area (Å²) < 4.78 is 5.63. The fraction of sp³-hybridized carbons (Fsp3) is 0.625. The second kappa shape index (κ2) is 8.04. The van der Waals surface area contributed by atoms with Crippen LogP contribution in [-0.2, 0) is 9.53 Å². The fourth-order valence-corrected chi connectivity index (χ4v) is 0.748. The van der Waals surface area contributed by atoms with Crippen LogP contribution in [-0.4, -0.2) is 10.4 Å². The van der Waals surface area contributed by atoms with E-state index in [1.54, 1.807) is 0 Å². The van der Waals surface area contributed by atoms with Gasteiger partial charge in [0.05, 0.1) is 6.26 Å². The first-order chi connectivity index (χ1) is 5.31. The van der Waals surface area contributed by atoms with Crippen molar-refractivity contribution in [3.8, 4) is 0 Å². The van der Waals surface area contributed by atoms with Gasteiger partial charge >= 0.3 is 5.97 Å². The molecule has 0 unspecified atom stereocenters. The van der Waals surface area contributed by atoms with Gasteiger partial charge in [-0.3, -0.25) is 4.79 Å². The zero-order valence-corrected chi connectivity index (χ0v) is 8.84. The molecule has 0 aliphatic rings. The van der Waals surface area contributed by atoms with Gasteiger partial charge < -0.3 is 4.74 Å². The standard InChI is InChI=1S/C8H13IO2/c1-2-3-5-8(10)11-7-4-6-9/h4,7H,2-3,5-6H2,1H3. The van der Waals surface area contributed by atoms with Crippen molar-refractivity contribution in [2.24, 2.45) is 0 Å². The molecule has 0 atom stereocenters. The second-order valence-corrected chi connectivity index (χ2v) is 3.00. The monoisotopic (exact) mass is 268 g/mol. The predicted octanol–water partition coefficient (Wildman–Crippen LogP) is 2.67. The van der Waals surface area contributed by atoms with Gasteiger partial charge in [0, 0.05) is 10.8 Å². The Labute approximate surface area is 81.1 Å². The lowest BCUT2D eigenvalue weighted by Crippen LogP contribution is -1.98. The van der Waals surface area contributed by atoms with Gasteiger partial charge in [0.1, 0.15) is 0 Å². The highest BCUT2D eigenvalue weighted by Crippen LogP contribution is 1.96. The summed E-state index contributed by atoms with van der Waals surface area (Å²) in [6.45, 7) is 2.05. The molecule has 0 aromatic rings. The van der Waals surface area contributed by atoms with Crippen LogP contribution in [0, 0.1) is 0 Å². The molecule has 0 spiro atoms. The van der Waals surface area contributed by atoms with Gasteiger partial charge in [0.15, 0.2) is 0 Å². The summed E-state index contributed by atoms with van der Waals surface area (Å²) in [5.74, 6) is -0.132. The van der Waals surface area contributed by atoms with Crippen LogP contribution in [0.1, 0.15) is 26.2 Å². The Morgan fingerprint density at radius 3 is 2.91 bits per heavy atom. The highest BCUT2D eigenvalue weighted by Gasteiger charge is 1.97. The van der Waals surface area contributed by atoms with Crippen LogP contribution in [0.4, 0.5) is 0 Å². The number of esters is 1. The van der Waals surface area contributed by atoms with Crippen molar-refractivity contribution in [1.29, 1.82) is 0 Å². The maximum atomic E-state index is 10.8. The Morgan fingerprint density at radius 1 is 1.64 bits per heavy atom. The Bertz CT molecular complexity index is 132. The van der Waals surface area contributed by atoms with Crippen LogP contribution in [0.25, 0.3) is 0 Å². The first-order valence-electron chi connectivity index (χ1n) is 3.71. The smallest absolute Gasteiger partial charge is 0.310 e. The van der Waals surface area contributed by atoms with E-state index in [0.717, 1.165) is 17.3 Å². The second-order valence-electron chi connectivity index (χ2n) is 2.12. The lowest BCUT2D eigenvalue weighted by molar-refractivity contribution is -0.138. The number of carbonyl (C=O) groups is 1. The van der Waals surface area contributed by atoms with Crippen molar-refractivity contribution in [2.75, 3.05) is 4.43 Å². The average molecular weight is 268 g/mol. The number of carbonyl (C=O) groups excluding carboxylic acids is 1. The SMILES string of the molecule is CCCCC(=O)OC=CCI. The third-order valence-corrected chi connectivity index (χ3v) is 1.63. The maximum Gasteiger partial charge on any atom is 0.310 e. The number of hydrogen-bond donors (Lipinski definition) is 0. The molecule has 0 bridgehead atoms. The molecular formula is C8H13IO2. The molecule has 0 fully saturated rings. The van der Waals surface area contributed by atoms with E-state index in [1.165, 1.54) is 6.26 Å². The van der Waals surface area contributed by atoms with Crippen molar-refractivity contribution >= 4 is 28.6 Å². The van der Waals surface area contributed by atoms with E-state index in [2.05, 4.69) is 22.6 Å². The molecule has 64 valence electrons. The molecule has 0 saturated carbocycles. The van der Waals surface area contributed by atoms with Crippen molar-refractivity contribution in [3.05, 3.63) is 12.3 Å². The molecule has 2 nitrogen and oxygen atoms in total. The number of halogens is 1. The minimum absolute atomic E-state index is 0.132. The quantitative estimate of drug-likeness (QED) is 0.331. The molecule has 3 heteroatoms. The number of rotatable bonds is 5.